The number of guanidine groups is 1. The maximum absolute atomic E-state index is 12.2. The number of hydrogen-bond acceptors (Lipinski definition) is 7. The predicted molar refractivity (Wildman–Crippen MR) is 102 cm³/mol. The molecule has 0 saturated carbocycles. The Bertz CT molecular complexity index is 828. The first kappa shape index (κ1) is 22.4. The van der Waals surface area contributed by atoms with Gasteiger partial charge in [0.25, 0.3) is 5.69 Å². The average Bonchev–Trinajstić information content (AvgIpc) is 3.20. The van der Waals surface area contributed by atoms with E-state index in [2.05, 4.69) is 10.7 Å². The van der Waals surface area contributed by atoms with Gasteiger partial charge in [-0.15, -0.1) is 0 Å². The fraction of sp³-hybridized carbons (Fsp3) is 0.412. The number of benzene rings is 1. The van der Waals surface area contributed by atoms with Crippen LogP contribution < -0.4 is 10.7 Å². The minimum atomic E-state index is -1.09. The van der Waals surface area contributed by atoms with Crippen molar-refractivity contribution in [1.29, 1.82) is 5.41 Å². The lowest BCUT2D eigenvalue weighted by atomic mass is 10.2. The second-order valence-electron chi connectivity index (χ2n) is 6.40. The van der Waals surface area contributed by atoms with Crippen molar-refractivity contribution in [3.63, 3.8) is 0 Å². The average molecular weight is 422 g/mol. The maximum Gasteiger partial charge on any atom is 0.414 e. The van der Waals surface area contributed by atoms with E-state index in [9.17, 15) is 24.5 Å². The number of rotatable bonds is 5. The third kappa shape index (κ3) is 6.05. The van der Waals surface area contributed by atoms with Gasteiger partial charge in [0, 0.05) is 31.6 Å². The van der Waals surface area contributed by atoms with Crippen LogP contribution in [0.2, 0.25) is 0 Å². The van der Waals surface area contributed by atoms with Gasteiger partial charge in [-0.25, -0.2) is 14.6 Å². The maximum atomic E-state index is 12.2. The van der Waals surface area contributed by atoms with E-state index in [1.54, 1.807) is 6.92 Å². The number of likely N-dealkylation sites (tertiary alicyclic amines) is 1. The summed E-state index contributed by atoms with van der Waals surface area (Å²) in [7, 11) is 0. The number of alkyl carbamates (subject to hydrolysis) is 1. The number of nitrogens with one attached hydrogen (secondary N) is 3. The summed E-state index contributed by atoms with van der Waals surface area (Å²) in [6.45, 7) is 1.79. The second kappa shape index (κ2) is 10.0. The number of carboxylic acid groups (broad SMARTS) is 1. The molecule has 13 heteroatoms. The Kier molecular flexibility index (Phi) is 7.50. The van der Waals surface area contributed by atoms with Gasteiger partial charge in [0.05, 0.1) is 11.0 Å². The molecule has 162 valence electrons. The lowest BCUT2D eigenvalue weighted by molar-refractivity contribution is -0.384. The van der Waals surface area contributed by atoms with Gasteiger partial charge in [-0.2, -0.15) is 0 Å². The first-order chi connectivity index (χ1) is 14.2. The molecule has 1 fully saturated rings. The van der Waals surface area contributed by atoms with E-state index in [1.807, 2.05) is 0 Å². The standard InChI is InChI=1S/C17H22N6O7/c1-2-14(24)22(13-7-8-21(9-13)17(26)27)20-15(18)19-16(25)30-10-11-3-5-12(6-4-11)23(28)29/h3-6,13H,2,7-10H2,1H3,(H,26,27)(H3,18,19,20,25)/t13-/m0/s1. The molecule has 4 N–H and O–H groups in total. The fourth-order valence-electron chi connectivity index (χ4n) is 2.80. The molecule has 13 nitrogen and oxygen atoms in total. The number of carbonyl (C=O) groups is 3. The van der Waals surface area contributed by atoms with Gasteiger partial charge in [0.1, 0.15) is 6.61 Å². The van der Waals surface area contributed by atoms with Gasteiger partial charge >= 0.3 is 12.2 Å². The Labute approximate surface area is 171 Å². The third-order valence-corrected chi connectivity index (χ3v) is 4.35. The van der Waals surface area contributed by atoms with Crippen molar-refractivity contribution in [3.8, 4) is 0 Å². The molecule has 1 aliphatic rings. The van der Waals surface area contributed by atoms with Crippen LogP contribution in [0.4, 0.5) is 15.3 Å². The Morgan fingerprint density at radius 1 is 1.37 bits per heavy atom. The van der Waals surface area contributed by atoms with E-state index in [-0.39, 0.29) is 37.7 Å². The van der Waals surface area contributed by atoms with Gasteiger partial charge in [0.2, 0.25) is 11.9 Å². The molecule has 0 aromatic heterocycles. The lowest BCUT2D eigenvalue weighted by Crippen LogP contribution is -2.56. The molecular formula is C17H22N6O7. The smallest absolute Gasteiger partial charge is 0.414 e. The van der Waals surface area contributed by atoms with Gasteiger partial charge in [-0.3, -0.25) is 31.1 Å². The molecular weight excluding hydrogens is 400 g/mol. The molecule has 2 rings (SSSR count). The van der Waals surface area contributed by atoms with Crippen LogP contribution in [-0.2, 0) is 16.1 Å². The van der Waals surface area contributed by atoms with Crippen LogP contribution in [0.1, 0.15) is 25.3 Å². The highest BCUT2D eigenvalue weighted by molar-refractivity contribution is 5.93. The number of hydrazine groups is 1. The van der Waals surface area contributed by atoms with Crippen LogP contribution in [0.15, 0.2) is 24.3 Å². The van der Waals surface area contributed by atoms with Crippen molar-refractivity contribution in [2.45, 2.75) is 32.4 Å². The molecule has 1 heterocycles. The van der Waals surface area contributed by atoms with E-state index in [1.165, 1.54) is 24.3 Å². The number of carbonyl (C=O) groups excluding carboxylic acids is 2. The Hall–Kier alpha value is -3.90. The van der Waals surface area contributed by atoms with Crippen molar-refractivity contribution >= 4 is 29.7 Å². The number of amides is 3. The van der Waals surface area contributed by atoms with Crippen LogP contribution >= 0.6 is 0 Å². The summed E-state index contributed by atoms with van der Waals surface area (Å²) in [5.41, 5.74) is 2.90. The van der Waals surface area contributed by atoms with Gasteiger partial charge < -0.3 is 14.7 Å². The molecule has 0 radical (unpaired) electrons. The normalized spacial score (nSPS) is 15.2. The SMILES string of the molecule is CCC(=O)N(NC(=N)NC(=O)OCc1ccc([N+](=O)[O-])cc1)[C@H]1CCN(C(=O)O)C1. The predicted octanol–water partition coefficient (Wildman–Crippen LogP) is 1.25. The van der Waals surface area contributed by atoms with Crippen molar-refractivity contribution in [1.82, 2.24) is 20.7 Å². The van der Waals surface area contributed by atoms with Crippen molar-refractivity contribution in [3.05, 3.63) is 39.9 Å². The summed E-state index contributed by atoms with van der Waals surface area (Å²) < 4.78 is 4.95. The van der Waals surface area contributed by atoms with Crippen molar-refractivity contribution < 1.29 is 29.2 Å². The Balaban J connectivity index is 1.86. The van der Waals surface area contributed by atoms with E-state index < -0.39 is 29.1 Å². The summed E-state index contributed by atoms with van der Waals surface area (Å²) in [5.74, 6) is -0.877. The monoisotopic (exact) mass is 422 g/mol. The summed E-state index contributed by atoms with van der Waals surface area (Å²) in [4.78, 5) is 46.4. The van der Waals surface area contributed by atoms with Crippen molar-refractivity contribution in [2.24, 2.45) is 0 Å². The molecule has 1 aliphatic heterocycles. The highest BCUT2D eigenvalue weighted by Gasteiger charge is 2.33. The molecule has 0 unspecified atom stereocenters. The number of non-ortho nitro benzene ring substituents is 1. The highest BCUT2D eigenvalue weighted by atomic mass is 16.6. The summed E-state index contributed by atoms with van der Waals surface area (Å²) >= 11 is 0. The van der Waals surface area contributed by atoms with Crippen LogP contribution in [0.25, 0.3) is 0 Å². The molecule has 30 heavy (non-hydrogen) atoms. The van der Waals surface area contributed by atoms with Gasteiger partial charge in [-0.1, -0.05) is 6.92 Å². The molecule has 3 amide bonds. The second-order valence-corrected chi connectivity index (χ2v) is 6.40. The van der Waals surface area contributed by atoms with Crippen LogP contribution in [0, 0.1) is 15.5 Å². The number of hydrogen-bond donors (Lipinski definition) is 4. The van der Waals surface area contributed by atoms with Gasteiger partial charge in [0.15, 0.2) is 0 Å². The van der Waals surface area contributed by atoms with E-state index in [4.69, 9.17) is 15.3 Å². The van der Waals surface area contributed by atoms with Gasteiger partial charge in [-0.05, 0) is 24.1 Å². The molecule has 0 spiro atoms. The zero-order chi connectivity index (χ0) is 22.3. The Morgan fingerprint density at radius 3 is 2.57 bits per heavy atom. The molecule has 0 aliphatic carbocycles. The first-order valence-electron chi connectivity index (χ1n) is 9.03. The fourth-order valence-corrected chi connectivity index (χ4v) is 2.80. The largest absolute Gasteiger partial charge is 0.465 e. The number of ether oxygens (including phenoxy) is 1. The van der Waals surface area contributed by atoms with Crippen molar-refractivity contribution in [2.75, 3.05) is 13.1 Å². The number of nitro benzene ring substituents is 1. The summed E-state index contributed by atoms with van der Waals surface area (Å²) in [6.07, 6.45) is -1.55. The molecule has 0 bridgehead atoms. The Morgan fingerprint density at radius 2 is 2.03 bits per heavy atom. The minimum Gasteiger partial charge on any atom is -0.465 e. The van der Waals surface area contributed by atoms with E-state index in [0.29, 0.717) is 12.0 Å². The number of nitrogens with zero attached hydrogens (tertiary/aromatic N) is 3. The topological polar surface area (TPSA) is 178 Å². The zero-order valence-electron chi connectivity index (χ0n) is 16.2. The molecule has 1 atom stereocenters. The molecule has 1 aromatic rings. The number of nitro groups is 1. The van der Waals surface area contributed by atoms with E-state index in [0.717, 1.165) is 9.91 Å². The highest BCUT2D eigenvalue weighted by Crippen LogP contribution is 2.15. The first-order valence-corrected chi connectivity index (χ1v) is 9.03. The molecule has 1 aromatic carbocycles. The minimum absolute atomic E-state index is 0.0892. The summed E-state index contributed by atoms with van der Waals surface area (Å²) in [5, 5.41) is 30.8. The van der Waals surface area contributed by atoms with Crippen LogP contribution in [-0.4, -0.2) is 63.1 Å². The summed E-state index contributed by atoms with van der Waals surface area (Å²) in [6, 6.07) is 4.94. The quantitative estimate of drug-likeness (QED) is 0.237. The molecule has 1 saturated heterocycles. The third-order valence-electron chi connectivity index (χ3n) is 4.35. The van der Waals surface area contributed by atoms with Crippen LogP contribution in [0.3, 0.4) is 0 Å². The lowest BCUT2D eigenvalue weighted by Gasteiger charge is -2.29. The van der Waals surface area contributed by atoms with Crippen LogP contribution in [0.5, 0.6) is 0 Å². The zero-order valence-corrected chi connectivity index (χ0v) is 16.2. The van der Waals surface area contributed by atoms with E-state index >= 15 is 0 Å².